The van der Waals surface area contributed by atoms with E-state index in [0.717, 1.165) is 23.8 Å². The number of primary sulfonamides is 1. The molecule has 4 rings (SSSR count). The number of rotatable bonds is 7. The minimum atomic E-state index is -4.20. The molecule has 2 atom stereocenters. The van der Waals surface area contributed by atoms with Crippen LogP contribution in [0.5, 0.6) is 0 Å². The fourth-order valence-corrected chi connectivity index (χ4v) is 6.00. The molecule has 0 saturated carbocycles. The Labute approximate surface area is 266 Å². The van der Waals surface area contributed by atoms with Gasteiger partial charge in [0.15, 0.2) is 11.6 Å². The molecule has 3 aromatic rings. The van der Waals surface area contributed by atoms with E-state index >= 15 is 0 Å². The molecule has 1 aliphatic heterocycles. The molecule has 45 heavy (non-hydrogen) atoms. The lowest BCUT2D eigenvalue weighted by atomic mass is 10.0. The first-order chi connectivity index (χ1) is 21.4. The van der Waals surface area contributed by atoms with Crippen molar-refractivity contribution in [1.82, 2.24) is 30.3 Å². The number of nitrogens with two attached hydrogens (primary N) is 1. The van der Waals surface area contributed by atoms with Gasteiger partial charge in [-0.05, 0) is 49.0 Å². The molecule has 3 amide bonds. The summed E-state index contributed by atoms with van der Waals surface area (Å²) in [6.45, 7) is 4.07. The molecular formula is C30H38FN7O5S2. The van der Waals surface area contributed by atoms with Gasteiger partial charge in [0, 0.05) is 25.1 Å². The average Bonchev–Trinajstić information content (AvgIpc) is 3.42. The van der Waals surface area contributed by atoms with Crippen molar-refractivity contribution < 1.29 is 27.2 Å². The zero-order valence-corrected chi connectivity index (χ0v) is 27.0. The number of sulfonamides is 1. The van der Waals surface area contributed by atoms with Gasteiger partial charge >= 0.3 is 0 Å². The number of halogens is 1. The normalized spacial score (nSPS) is 18.6. The van der Waals surface area contributed by atoms with E-state index in [-0.39, 0.29) is 50.2 Å². The van der Waals surface area contributed by atoms with Gasteiger partial charge in [-0.15, -0.1) is 0 Å². The van der Waals surface area contributed by atoms with Crippen LogP contribution in [0, 0.1) is 11.7 Å². The fraction of sp³-hybridized carbons (Fsp3) is 0.433. The molecule has 2 heterocycles. The number of nitrogens with one attached hydrogen (secondary N) is 2. The number of fused-ring (bicyclic) bond motifs is 1. The second kappa shape index (κ2) is 15.0. The molecule has 0 aliphatic carbocycles. The molecule has 0 saturated heterocycles. The molecule has 0 unspecified atom stereocenters. The van der Waals surface area contributed by atoms with Crippen LogP contribution in [-0.2, 0) is 26.2 Å². The fourth-order valence-electron chi connectivity index (χ4n) is 4.99. The number of carbonyl (C=O) groups is 3. The van der Waals surface area contributed by atoms with Crippen LogP contribution < -0.4 is 15.8 Å². The maximum absolute atomic E-state index is 14.9. The van der Waals surface area contributed by atoms with Crippen LogP contribution in [-0.4, -0.2) is 76.9 Å². The van der Waals surface area contributed by atoms with E-state index in [2.05, 4.69) is 10.6 Å². The standard InChI is InChI=1S/C30H38FN7O5S2/c1-19(2)26-28-35-27(20-8-5-4-6-9-20)36-38(28)16-15-37(30(41)22-18-21(45(32,42)43)11-12-23(22)31)14-7-10-25(39)33-24(13-17-44-3)29(40)34-26/h4-6,8-9,11-12,18-19,24,26H,7,10,13-17H2,1-3H3,(H,33,39)(H,34,40)(H2,32,42,43)/t24-,26+/m0/s1. The van der Waals surface area contributed by atoms with E-state index in [0.29, 0.717) is 23.8 Å². The van der Waals surface area contributed by atoms with Crippen LogP contribution in [0.2, 0.25) is 0 Å². The van der Waals surface area contributed by atoms with Crippen LogP contribution in [0.1, 0.15) is 55.3 Å². The first-order valence-electron chi connectivity index (χ1n) is 14.6. The number of hydrogen-bond donors (Lipinski definition) is 3. The molecule has 0 fully saturated rings. The van der Waals surface area contributed by atoms with Gasteiger partial charge in [-0.1, -0.05) is 44.2 Å². The first-order valence-corrected chi connectivity index (χ1v) is 17.5. The van der Waals surface area contributed by atoms with Gasteiger partial charge in [-0.2, -0.15) is 16.9 Å². The Morgan fingerprint density at radius 3 is 2.51 bits per heavy atom. The van der Waals surface area contributed by atoms with Gasteiger partial charge in [-0.25, -0.2) is 27.6 Å². The highest BCUT2D eigenvalue weighted by Gasteiger charge is 2.30. The minimum Gasteiger partial charge on any atom is -0.344 e. The Kier molecular flexibility index (Phi) is 11.3. The zero-order chi connectivity index (χ0) is 32.7. The molecule has 0 bridgehead atoms. The molecule has 1 aliphatic rings. The van der Waals surface area contributed by atoms with E-state index in [1.165, 1.54) is 4.90 Å². The van der Waals surface area contributed by atoms with Gasteiger partial charge in [0.05, 0.1) is 23.0 Å². The summed E-state index contributed by atoms with van der Waals surface area (Å²) in [7, 11) is -4.20. The van der Waals surface area contributed by atoms with Crippen LogP contribution in [0.4, 0.5) is 4.39 Å². The molecule has 15 heteroatoms. The molecule has 1 aromatic heterocycles. The minimum absolute atomic E-state index is 0.00681. The van der Waals surface area contributed by atoms with Crippen LogP contribution in [0.15, 0.2) is 53.4 Å². The van der Waals surface area contributed by atoms with E-state index < -0.39 is 44.3 Å². The first kappa shape index (κ1) is 34.1. The predicted octanol–water partition coefficient (Wildman–Crippen LogP) is 2.72. The summed E-state index contributed by atoms with van der Waals surface area (Å²) in [6.07, 6.45) is 2.54. The Balaban J connectivity index is 1.77. The van der Waals surface area contributed by atoms with Gasteiger partial charge < -0.3 is 15.5 Å². The summed E-state index contributed by atoms with van der Waals surface area (Å²) < 4.78 is 40.4. The predicted molar refractivity (Wildman–Crippen MR) is 169 cm³/mol. The van der Waals surface area contributed by atoms with Crippen molar-refractivity contribution in [3.05, 3.63) is 65.7 Å². The SMILES string of the molecule is CSCC[C@@H]1NC(=O)CCCN(C(=O)c2cc(S(N)(=O)=O)ccc2F)CCn2nc(-c3ccccc3)nc2[C@@H](C(C)C)NC1=O. The van der Waals surface area contributed by atoms with Crippen molar-refractivity contribution >= 4 is 39.5 Å². The monoisotopic (exact) mass is 659 g/mol. The number of carbonyl (C=O) groups excluding carboxylic acids is 3. The summed E-state index contributed by atoms with van der Waals surface area (Å²) >= 11 is 1.56. The highest BCUT2D eigenvalue weighted by molar-refractivity contribution is 7.98. The van der Waals surface area contributed by atoms with Gasteiger partial charge in [0.2, 0.25) is 21.8 Å². The summed E-state index contributed by atoms with van der Waals surface area (Å²) in [5.41, 5.74) is 0.296. The van der Waals surface area contributed by atoms with E-state index in [1.807, 2.05) is 50.4 Å². The van der Waals surface area contributed by atoms with Crippen LogP contribution >= 0.6 is 11.8 Å². The van der Waals surface area contributed by atoms with Crippen molar-refractivity contribution in [3.8, 4) is 11.4 Å². The number of hydrogen-bond acceptors (Lipinski definition) is 8. The highest BCUT2D eigenvalue weighted by atomic mass is 32.2. The Morgan fingerprint density at radius 2 is 1.84 bits per heavy atom. The van der Waals surface area contributed by atoms with Crippen molar-refractivity contribution in [1.29, 1.82) is 0 Å². The molecule has 12 nitrogen and oxygen atoms in total. The maximum atomic E-state index is 14.9. The zero-order valence-electron chi connectivity index (χ0n) is 25.4. The molecule has 242 valence electrons. The van der Waals surface area contributed by atoms with Gasteiger partial charge in [0.1, 0.15) is 11.9 Å². The number of nitrogens with zero attached hydrogens (tertiary/aromatic N) is 4. The third-order valence-electron chi connectivity index (χ3n) is 7.43. The molecule has 0 spiro atoms. The number of amides is 3. The Hall–Kier alpha value is -3.82. The van der Waals surface area contributed by atoms with Gasteiger partial charge in [-0.3, -0.25) is 14.4 Å². The van der Waals surface area contributed by atoms with Crippen molar-refractivity contribution in [2.75, 3.05) is 25.1 Å². The lowest BCUT2D eigenvalue weighted by Gasteiger charge is -2.28. The van der Waals surface area contributed by atoms with Crippen molar-refractivity contribution in [2.24, 2.45) is 11.1 Å². The Morgan fingerprint density at radius 1 is 1.11 bits per heavy atom. The smallest absolute Gasteiger partial charge is 0.256 e. The number of benzene rings is 2. The highest BCUT2D eigenvalue weighted by Crippen LogP contribution is 2.25. The summed E-state index contributed by atoms with van der Waals surface area (Å²) in [4.78, 5) is 45.9. The summed E-state index contributed by atoms with van der Waals surface area (Å²) in [5.74, 6) is -0.961. The quantitative estimate of drug-likeness (QED) is 0.348. The van der Waals surface area contributed by atoms with E-state index in [1.54, 1.807) is 16.4 Å². The summed E-state index contributed by atoms with van der Waals surface area (Å²) in [5, 5.41) is 15.9. The van der Waals surface area contributed by atoms with Crippen molar-refractivity contribution in [2.45, 2.75) is 56.6 Å². The lowest BCUT2D eigenvalue weighted by molar-refractivity contribution is -0.129. The van der Waals surface area contributed by atoms with Crippen LogP contribution in [0.3, 0.4) is 0 Å². The Bertz CT molecular complexity index is 1630. The number of aromatic nitrogens is 3. The summed E-state index contributed by atoms with van der Waals surface area (Å²) in [6, 6.07) is 10.7. The molecular weight excluding hydrogens is 622 g/mol. The third kappa shape index (κ3) is 8.67. The van der Waals surface area contributed by atoms with E-state index in [9.17, 15) is 27.2 Å². The van der Waals surface area contributed by atoms with E-state index in [4.69, 9.17) is 15.2 Å². The average molecular weight is 660 g/mol. The number of thioether (sulfide) groups is 1. The van der Waals surface area contributed by atoms with Crippen molar-refractivity contribution in [3.63, 3.8) is 0 Å². The van der Waals surface area contributed by atoms with Gasteiger partial charge in [0.25, 0.3) is 5.91 Å². The second-order valence-corrected chi connectivity index (χ2v) is 13.6. The van der Waals surface area contributed by atoms with Crippen LogP contribution in [0.25, 0.3) is 11.4 Å². The molecule has 0 radical (unpaired) electrons. The largest absolute Gasteiger partial charge is 0.344 e. The maximum Gasteiger partial charge on any atom is 0.256 e. The third-order valence-corrected chi connectivity index (χ3v) is 8.99. The topological polar surface area (TPSA) is 169 Å². The second-order valence-electron chi connectivity index (χ2n) is 11.1. The molecule has 4 N–H and O–H groups in total. The lowest BCUT2D eigenvalue weighted by Crippen LogP contribution is -2.49. The molecule has 2 aromatic carbocycles.